The van der Waals surface area contributed by atoms with Gasteiger partial charge in [0.25, 0.3) is 0 Å². The molecule has 0 saturated heterocycles. The van der Waals surface area contributed by atoms with Gasteiger partial charge in [0, 0.05) is 5.87 Å². The summed E-state index contributed by atoms with van der Waals surface area (Å²) in [6, 6.07) is 0. The van der Waals surface area contributed by atoms with E-state index in [4.69, 9.17) is 0 Å². The molecule has 1 rings (SSSR count). The number of nitrogens with zero attached hydrogens (tertiary/aromatic N) is 2. The van der Waals surface area contributed by atoms with Crippen molar-refractivity contribution in [2.24, 2.45) is 10.1 Å². The van der Waals surface area contributed by atoms with E-state index in [1.165, 1.54) is 12.5 Å². The van der Waals surface area contributed by atoms with Crippen LogP contribution in [0.1, 0.15) is 0 Å². The minimum absolute atomic E-state index is 1.48. The Balaban J connectivity index is 2.78. The van der Waals surface area contributed by atoms with Crippen LogP contribution in [-0.4, -0.2) is 12.2 Å². The Morgan fingerprint density at radius 1 is 1.67 bits per heavy atom. The topological polar surface area (TPSA) is 36.8 Å². The number of hydrazone groups is 1. The van der Waals surface area contributed by atoms with Crippen molar-refractivity contribution in [3.05, 3.63) is 6.20 Å². The van der Waals surface area contributed by atoms with Gasteiger partial charge in [-0.25, -0.2) is 4.99 Å². The first kappa shape index (κ1) is 3.12. The summed E-state index contributed by atoms with van der Waals surface area (Å²) in [6.07, 6.45) is 2.97. The normalized spacial score (nSPS) is 14.7. The Hall–Kier alpha value is -1.08. The average Bonchev–Trinajstić information content (AvgIpc) is 1.72. The molecule has 1 N–H and O–H groups in total. The summed E-state index contributed by atoms with van der Waals surface area (Å²) < 4.78 is 0. The van der Waals surface area contributed by atoms with E-state index in [9.17, 15) is 0 Å². The summed E-state index contributed by atoms with van der Waals surface area (Å²) in [7, 11) is 0. The van der Waals surface area contributed by atoms with Crippen LogP contribution in [0.2, 0.25) is 0 Å². The molecule has 3 nitrogen and oxygen atoms in total. The number of hydrogen-bond donors (Lipinski definition) is 1. The Labute approximate surface area is 35.1 Å². The molecule has 30 valence electrons. The van der Waals surface area contributed by atoms with E-state index < -0.39 is 0 Å². The van der Waals surface area contributed by atoms with Crippen LogP contribution in [0.5, 0.6) is 0 Å². The molecule has 0 radical (unpaired) electrons. The van der Waals surface area contributed by atoms with Crippen molar-refractivity contribution in [1.29, 1.82) is 0 Å². The molecule has 3 heteroatoms. The molecule has 1 heterocycles. The van der Waals surface area contributed by atoms with E-state index in [1.54, 1.807) is 0 Å². The van der Waals surface area contributed by atoms with Crippen LogP contribution in [0.15, 0.2) is 16.3 Å². The van der Waals surface area contributed by atoms with Gasteiger partial charge in [-0.15, -0.1) is 5.10 Å². The first-order chi connectivity index (χ1) is 3.00. The lowest BCUT2D eigenvalue weighted by atomic mass is 10.9. The lowest BCUT2D eigenvalue weighted by molar-refractivity contribution is 1.05. The first-order valence-corrected chi connectivity index (χ1v) is 1.54. The molecule has 0 aromatic heterocycles. The second-order valence-electron chi connectivity index (χ2n) is 0.777. The maximum absolute atomic E-state index is 3.61. The molecule has 6 heavy (non-hydrogen) atoms. The predicted molar refractivity (Wildman–Crippen MR) is 23.6 cm³/mol. The van der Waals surface area contributed by atoms with Gasteiger partial charge in [0.2, 0.25) is 0 Å². The zero-order valence-electron chi connectivity index (χ0n) is 3.05. The van der Waals surface area contributed by atoms with Crippen LogP contribution >= 0.6 is 0 Å². The zero-order valence-corrected chi connectivity index (χ0v) is 3.05. The van der Waals surface area contributed by atoms with Gasteiger partial charge < -0.3 is 0 Å². The molecule has 0 unspecified atom stereocenters. The molecule has 1 aliphatic heterocycles. The maximum atomic E-state index is 3.61. The van der Waals surface area contributed by atoms with Crippen LogP contribution in [0.4, 0.5) is 0 Å². The van der Waals surface area contributed by atoms with Crippen LogP contribution in [0, 0.1) is 0 Å². The van der Waals surface area contributed by atoms with Crippen LogP contribution in [0.3, 0.4) is 0 Å². The third kappa shape index (κ3) is 0.445. The summed E-state index contributed by atoms with van der Waals surface area (Å²) in [4.78, 5) is 3.61. The number of aliphatic imine (C=N–C) groups is 1. The van der Waals surface area contributed by atoms with Gasteiger partial charge in [0.1, 0.15) is 6.34 Å². The number of nitrogens with one attached hydrogen (secondary N) is 1. The Bertz CT molecular complexity index is 118. The van der Waals surface area contributed by atoms with Crippen molar-refractivity contribution in [1.82, 2.24) is 5.43 Å². The molecular formula is C3H3N3. The molecular weight excluding hydrogens is 78.1 g/mol. The largest absolute Gasteiger partial charge is 0.259 e. The van der Waals surface area contributed by atoms with Crippen molar-refractivity contribution in [3.63, 3.8) is 0 Å². The van der Waals surface area contributed by atoms with Gasteiger partial charge in [-0.3, -0.25) is 5.43 Å². The molecule has 0 amide bonds. The standard InChI is InChI=1S/C3H3N3/c1-2-5-6-3-4-1/h1,3H,(H,4,6). The summed E-state index contributed by atoms with van der Waals surface area (Å²) in [6.45, 7) is 0. The van der Waals surface area contributed by atoms with Gasteiger partial charge in [0.05, 0.1) is 6.20 Å². The molecule has 0 fully saturated rings. The number of rotatable bonds is 0. The van der Waals surface area contributed by atoms with Crippen molar-refractivity contribution < 1.29 is 0 Å². The van der Waals surface area contributed by atoms with Gasteiger partial charge in [0.15, 0.2) is 0 Å². The molecule has 0 aromatic rings. The van der Waals surface area contributed by atoms with Crippen molar-refractivity contribution in [3.8, 4) is 0 Å². The monoisotopic (exact) mass is 81.0 g/mol. The fourth-order valence-electron chi connectivity index (χ4n) is 0.199. The fraction of sp³-hybridized carbons (Fsp3) is 0. The van der Waals surface area contributed by atoms with Crippen LogP contribution < -0.4 is 5.43 Å². The van der Waals surface area contributed by atoms with E-state index in [-0.39, 0.29) is 0 Å². The Morgan fingerprint density at radius 3 is 2.83 bits per heavy atom. The van der Waals surface area contributed by atoms with Gasteiger partial charge in [-0.05, 0) is 0 Å². The lowest BCUT2D eigenvalue weighted by Crippen LogP contribution is -2.01. The van der Waals surface area contributed by atoms with Gasteiger partial charge in [-0.1, -0.05) is 0 Å². The highest BCUT2D eigenvalue weighted by Gasteiger charge is 1.66. The van der Waals surface area contributed by atoms with Crippen molar-refractivity contribution in [2.75, 3.05) is 0 Å². The molecule has 0 saturated carbocycles. The lowest BCUT2D eigenvalue weighted by Gasteiger charge is -1.83. The van der Waals surface area contributed by atoms with Crippen molar-refractivity contribution >= 4 is 12.2 Å². The third-order valence-corrected chi connectivity index (χ3v) is 0.394. The van der Waals surface area contributed by atoms with Gasteiger partial charge >= 0.3 is 0 Å². The van der Waals surface area contributed by atoms with Crippen LogP contribution in [-0.2, 0) is 0 Å². The van der Waals surface area contributed by atoms with Crippen molar-refractivity contribution in [2.45, 2.75) is 0 Å². The first-order valence-electron chi connectivity index (χ1n) is 1.54. The maximum Gasteiger partial charge on any atom is 0.110 e. The second kappa shape index (κ2) is 1.38. The highest BCUT2D eigenvalue weighted by atomic mass is 15.3. The van der Waals surface area contributed by atoms with E-state index in [0.29, 0.717) is 0 Å². The smallest absolute Gasteiger partial charge is 0.110 e. The zero-order chi connectivity index (χ0) is 4.24. The fourth-order valence-corrected chi connectivity index (χ4v) is 0.199. The molecule has 0 spiro atoms. The predicted octanol–water partition coefficient (Wildman–Crippen LogP) is -0.284. The summed E-state index contributed by atoms with van der Waals surface area (Å²) >= 11 is 0. The summed E-state index contributed by atoms with van der Waals surface area (Å²) in [5.41, 5.74) is 2.48. The highest BCUT2D eigenvalue weighted by Crippen LogP contribution is 1.64. The second-order valence-corrected chi connectivity index (χ2v) is 0.777. The Kier molecular flexibility index (Phi) is 0.719. The highest BCUT2D eigenvalue weighted by molar-refractivity contribution is 5.64. The third-order valence-electron chi connectivity index (χ3n) is 0.394. The Morgan fingerprint density at radius 2 is 2.67 bits per heavy atom. The molecule has 0 bridgehead atoms. The molecule has 0 aromatic carbocycles. The van der Waals surface area contributed by atoms with Crippen LogP contribution in [0.25, 0.3) is 0 Å². The number of hydrogen-bond acceptors (Lipinski definition) is 3. The average molecular weight is 81.1 g/mol. The summed E-state index contributed by atoms with van der Waals surface area (Å²) in [5.74, 6) is 2.48. The minimum Gasteiger partial charge on any atom is -0.259 e. The van der Waals surface area contributed by atoms with Gasteiger partial charge in [-0.2, -0.15) is 0 Å². The SMILES string of the molecule is C1=CN=CNN=1. The summed E-state index contributed by atoms with van der Waals surface area (Å²) in [5, 5.41) is 3.47. The quantitative estimate of drug-likeness (QED) is 0.427. The van der Waals surface area contributed by atoms with E-state index >= 15 is 0 Å². The molecule has 1 aliphatic rings. The molecule has 0 atom stereocenters. The van der Waals surface area contributed by atoms with E-state index in [2.05, 4.69) is 21.4 Å². The van der Waals surface area contributed by atoms with E-state index in [0.717, 1.165) is 0 Å². The minimum atomic E-state index is 1.48. The van der Waals surface area contributed by atoms with E-state index in [1.807, 2.05) is 0 Å². The molecule has 0 aliphatic carbocycles.